The highest BCUT2D eigenvalue weighted by atomic mass is 32.2. The zero-order valence-corrected chi connectivity index (χ0v) is 15.3. The molecule has 0 spiro atoms. The number of hydrogen-bond donors (Lipinski definition) is 1. The molecule has 0 aliphatic rings. The third-order valence-corrected chi connectivity index (χ3v) is 4.56. The molecule has 2 rings (SSSR count). The lowest BCUT2D eigenvalue weighted by atomic mass is 10.2. The maximum atomic E-state index is 11.8. The van der Waals surface area contributed by atoms with Crippen molar-refractivity contribution in [1.29, 1.82) is 0 Å². The largest absolute Gasteiger partial charge is 0.497 e. The fraction of sp³-hybridized carbons (Fsp3) is 0.263. The molecule has 0 atom stereocenters. The number of carbonyl (C=O) groups excluding carboxylic acids is 2. The molecule has 0 unspecified atom stereocenters. The first-order chi connectivity index (χ1) is 12.0. The molecular weight excluding hydrogens is 338 g/mol. The van der Waals surface area contributed by atoms with Crippen molar-refractivity contribution in [2.24, 2.45) is 0 Å². The topological polar surface area (TPSA) is 64.6 Å². The van der Waals surface area contributed by atoms with Gasteiger partial charge in [-0.2, -0.15) is 0 Å². The van der Waals surface area contributed by atoms with Crippen LogP contribution in [0.15, 0.2) is 47.4 Å². The normalized spacial score (nSPS) is 10.2. The van der Waals surface area contributed by atoms with E-state index in [1.54, 1.807) is 31.4 Å². The number of ether oxygens (including phenoxy) is 2. The molecule has 6 heteroatoms. The van der Waals surface area contributed by atoms with E-state index >= 15 is 0 Å². The Kier molecular flexibility index (Phi) is 6.89. The number of amides is 1. The number of esters is 1. The van der Waals surface area contributed by atoms with E-state index in [-0.39, 0.29) is 18.3 Å². The predicted molar refractivity (Wildman–Crippen MR) is 99.2 cm³/mol. The van der Waals surface area contributed by atoms with Gasteiger partial charge in [0.1, 0.15) is 5.75 Å². The van der Waals surface area contributed by atoms with E-state index in [1.807, 2.05) is 26.0 Å². The summed E-state index contributed by atoms with van der Waals surface area (Å²) >= 11 is 1.40. The molecule has 0 saturated heterocycles. The summed E-state index contributed by atoms with van der Waals surface area (Å²) in [4.78, 5) is 24.6. The van der Waals surface area contributed by atoms with Crippen molar-refractivity contribution in [3.63, 3.8) is 0 Å². The lowest BCUT2D eigenvalue weighted by Crippen LogP contribution is -2.21. The summed E-state index contributed by atoms with van der Waals surface area (Å²) in [5.41, 5.74) is 2.92. The molecule has 5 nitrogen and oxygen atoms in total. The number of anilines is 1. The number of rotatable bonds is 7. The summed E-state index contributed by atoms with van der Waals surface area (Å²) < 4.78 is 10.1. The van der Waals surface area contributed by atoms with Gasteiger partial charge in [0.15, 0.2) is 6.61 Å². The maximum absolute atomic E-state index is 11.8. The van der Waals surface area contributed by atoms with Crippen LogP contribution >= 0.6 is 11.8 Å². The molecule has 0 aromatic heterocycles. The molecule has 0 bridgehead atoms. The molecule has 2 aromatic rings. The van der Waals surface area contributed by atoms with Crippen molar-refractivity contribution < 1.29 is 19.1 Å². The van der Waals surface area contributed by atoms with Gasteiger partial charge >= 0.3 is 5.97 Å². The Morgan fingerprint density at radius 3 is 2.44 bits per heavy atom. The molecule has 0 radical (unpaired) electrons. The average molecular weight is 359 g/mol. The third kappa shape index (κ3) is 6.15. The smallest absolute Gasteiger partial charge is 0.316 e. The summed E-state index contributed by atoms with van der Waals surface area (Å²) in [6.07, 6.45) is 0. The van der Waals surface area contributed by atoms with Gasteiger partial charge < -0.3 is 14.8 Å². The lowest BCUT2D eigenvalue weighted by molar-refractivity contribution is -0.144. The van der Waals surface area contributed by atoms with Crippen molar-refractivity contribution in [3.8, 4) is 5.75 Å². The molecule has 0 aliphatic carbocycles. The molecule has 1 N–H and O–H groups in total. The van der Waals surface area contributed by atoms with E-state index < -0.39 is 5.97 Å². The van der Waals surface area contributed by atoms with Crippen LogP contribution in [-0.4, -0.2) is 31.3 Å². The molecule has 2 aromatic carbocycles. The Balaban J connectivity index is 1.74. The second-order valence-electron chi connectivity index (χ2n) is 5.49. The summed E-state index contributed by atoms with van der Waals surface area (Å²) in [7, 11) is 1.57. The fourth-order valence-corrected chi connectivity index (χ4v) is 2.96. The van der Waals surface area contributed by atoms with E-state index in [2.05, 4.69) is 11.4 Å². The maximum Gasteiger partial charge on any atom is 0.316 e. The highest BCUT2D eigenvalue weighted by molar-refractivity contribution is 8.00. The summed E-state index contributed by atoms with van der Waals surface area (Å²) in [6, 6.07) is 13.0. The monoisotopic (exact) mass is 359 g/mol. The van der Waals surface area contributed by atoms with Crippen molar-refractivity contribution in [2.75, 3.05) is 24.8 Å². The van der Waals surface area contributed by atoms with Gasteiger partial charge in [-0.15, -0.1) is 11.8 Å². The first-order valence-electron chi connectivity index (χ1n) is 7.77. The minimum absolute atomic E-state index is 0.166. The van der Waals surface area contributed by atoms with Gasteiger partial charge in [0.2, 0.25) is 0 Å². The Bertz CT molecular complexity index is 744. The van der Waals surface area contributed by atoms with Gasteiger partial charge in [-0.05, 0) is 49.7 Å². The van der Waals surface area contributed by atoms with Crippen LogP contribution in [0.2, 0.25) is 0 Å². The number of methoxy groups -OCH3 is 1. The minimum atomic E-state index is -0.421. The highest BCUT2D eigenvalue weighted by Gasteiger charge is 2.10. The summed E-state index contributed by atoms with van der Waals surface area (Å²) in [5.74, 6) is 0.0671. The third-order valence-electron chi connectivity index (χ3n) is 3.41. The minimum Gasteiger partial charge on any atom is -0.497 e. The number of benzene rings is 2. The van der Waals surface area contributed by atoms with Crippen molar-refractivity contribution >= 4 is 29.3 Å². The van der Waals surface area contributed by atoms with Crippen LogP contribution in [0.5, 0.6) is 5.75 Å². The van der Waals surface area contributed by atoms with Crippen LogP contribution in [0.1, 0.15) is 11.1 Å². The van der Waals surface area contributed by atoms with Crippen LogP contribution < -0.4 is 10.1 Å². The van der Waals surface area contributed by atoms with Gasteiger partial charge in [-0.3, -0.25) is 9.59 Å². The van der Waals surface area contributed by atoms with Crippen molar-refractivity contribution in [3.05, 3.63) is 53.6 Å². The zero-order valence-electron chi connectivity index (χ0n) is 14.5. The van der Waals surface area contributed by atoms with Crippen LogP contribution in [0.25, 0.3) is 0 Å². The number of nitrogens with one attached hydrogen (secondary N) is 1. The average Bonchev–Trinajstić information content (AvgIpc) is 2.60. The Labute approximate surface area is 151 Å². The fourth-order valence-electron chi connectivity index (χ4n) is 2.16. The van der Waals surface area contributed by atoms with Crippen LogP contribution in [0.3, 0.4) is 0 Å². The van der Waals surface area contributed by atoms with E-state index in [0.717, 1.165) is 10.5 Å². The first kappa shape index (κ1) is 18.9. The first-order valence-corrected chi connectivity index (χ1v) is 8.76. The van der Waals surface area contributed by atoms with Crippen LogP contribution in [0.4, 0.5) is 5.69 Å². The number of aryl methyl sites for hydroxylation is 2. The quantitative estimate of drug-likeness (QED) is 0.605. The number of thioether (sulfide) groups is 1. The van der Waals surface area contributed by atoms with Gasteiger partial charge in [-0.1, -0.05) is 17.7 Å². The van der Waals surface area contributed by atoms with Crippen molar-refractivity contribution in [2.45, 2.75) is 18.7 Å². The Morgan fingerprint density at radius 1 is 1.08 bits per heavy atom. The van der Waals surface area contributed by atoms with Crippen LogP contribution in [0, 0.1) is 13.8 Å². The molecule has 1 amide bonds. The van der Waals surface area contributed by atoms with E-state index in [0.29, 0.717) is 11.4 Å². The molecule has 0 fully saturated rings. The van der Waals surface area contributed by atoms with Gasteiger partial charge in [0.05, 0.1) is 12.9 Å². The number of carbonyl (C=O) groups is 2. The van der Waals surface area contributed by atoms with E-state index in [4.69, 9.17) is 9.47 Å². The van der Waals surface area contributed by atoms with Gasteiger partial charge in [0.25, 0.3) is 5.91 Å². The SMILES string of the molecule is COc1ccc(NC(=O)COC(=O)CSc2ccc(C)cc2C)cc1. The molecule has 0 heterocycles. The second-order valence-corrected chi connectivity index (χ2v) is 6.51. The number of hydrogen-bond acceptors (Lipinski definition) is 5. The van der Waals surface area contributed by atoms with E-state index in [9.17, 15) is 9.59 Å². The summed E-state index contributed by atoms with van der Waals surface area (Å²) in [6.45, 7) is 3.72. The Morgan fingerprint density at radius 2 is 1.80 bits per heavy atom. The van der Waals surface area contributed by atoms with Gasteiger partial charge in [-0.25, -0.2) is 0 Å². The zero-order chi connectivity index (χ0) is 18.2. The highest BCUT2D eigenvalue weighted by Crippen LogP contribution is 2.23. The van der Waals surface area contributed by atoms with Gasteiger partial charge in [0, 0.05) is 10.6 Å². The second kappa shape index (κ2) is 9.13. The lowest BCUT2D eigenvalue weighted by Gasteiger charge is -2.08. The molecular formula is C19H21NO4S. The molecule has 0 saturated carbocycles. The van der Waals surface area contributed by atoms with Crippen molar-refractivity contribution in [1.82, 2.24) is 0 Å². The Hall–Kier alpha value is -2.47. The predicted octanol–water partition coefficient (Wildman–Crippen LogP) is 3.59. The van der Waals surface area contributed by atoms with E-state index in [1.165, 1.54) is 17.3 Å². The molecule has 25 heavy (non-hydrogen) atoms. The molecule has 132 valence electrons. The summed E-state index contributed by atoms with van der Waals surface area (Å²) in [5, 5.41) is 2.66. The van der Waals surface area contributed by atoms with Crippen LogP contribution in [-0.2, 0) is 14.3 Å². The molecule has 0 aliphatic heterocycles. The standard InChI is InChI=1S/C19H21NO4S/c1-13-4-9-17(14(2)10-13)25-12-19(22)24-11-18(21)20-15-5-7-16(23-3)8-6-15/h4-10H,11-12H2,1-3H3,(H,20,21).